The molecule has 0 spiro atoms. The summed E-state index contributed by atoms with van der Waals surface area (Å²) in [6.45, 7) is 9.56. The lowest BCUT2D eigenvalue weighted by atomic mass is 10.0. The van der Waals surface area contributed by atoms with Crippen molar-refractivity contribution in [2.75, 3.05) is 11.5 Å². The highest BCUT2D eigenvalue weighted by Crippen LogP contribution is 2.26. The molecule has 0 unspecified atom stereocenters. The van der Waals surface area contributed by atoms with E-state index in [-0.39, 0.29) is 17.3 Å². The predicted molar refractivity (Wildman–Crippen MR) is 96.8 cm³/mol. The van der Waals surface area contributed by atoms with E-state index in [1.54, 1.807) is 0 Å². The molecule has 0 aliphatic heterocycles. The maximum atomic E-state index is 9.35. The number of hydrogen-bond acceptors (Lipinski definition) is 6. The van der Waals surface area contributed by atoms with E-state index in [0.29, 0.717) is 17.8 Å². The van der Waals surface area contributed by atoms with Gasteiger partial charge in [-0.25, -0.2) is 4.98 Å². The van der Waals surface area contributed by atoms with Crippen LogP contribution in [0.2, 0.25) is 0 Å². The zero-order chi connectivity index (χ0) is 17.9. The van der Waals surface area contributed by atoms with Crippen molar-refractivity contribution in [1.29, 1.82) is 5.26 Å². The maximum Gasteiger partial charge on any atom is 0.222 e. The highest BCUT2D eigenvalue weighted by atomic mass is 15.2. The fourth-order valence-electron chi connectivity index (χ4n) is 2.80. The monoisotopic (exact) mass is 324 g/mol. The van der Waals surface area contributed by atoms with Crippen LogP contribution in [0.5, 0.6) is 0 Å². The number of nitrogens with two attached hydrogens (primary N) is 2. The predicted octanol–water partition coefficient (Wildman–Crippen LogP) is 2.80. The van der Waals surface area contributed by atoms with Gasteiger partial charge in [0.1, 0.15) is 17.5 Å². The molecule has 0 radical (unpaired) electrons. The van der Waals surface area contributed by atoms with Gasteiger partial charge in [-0.15, -0.1) is 0 Å². The highest BCUT2D eigenvalue weighted by Gasteiger charge is 2.16. The van der Waals surface area contributed by atoms with Gasteiger partial charge < -0.3 is 11.5 Å². The molecule has 0 saturated carbocycles. The number of nitrogens with zero attached hydrogens (tertiary/aromatic N) is 4. The summed E-state index contributed by atoms with van der Waals surface area (Å²) in [5.74, 6) is 0.175. The number of aromatic nitrogens is 2. The molecule has 1 aromatic heterocycles. The quantitative estimate of drug-likeness (QED) is 0.876. The van der Waals surface area contributed by atoms with Gasteiger partial charge in [-0.05, 0) is 39.3 Å². The lowest BCUT2D eigenvalue weighted by molar-refractivity contribution is 0.166. The van der Waals surface area contributed by atoms with E-state index < -0.39 is 0 Å². The Morgan fingerprint density at radius 1 is 1.12 bits per heavy atom. The minimum absolute atomic E-state index is 0.0675. The molecule has 4 N–H and O–H groups in total. The second kappa shape index (κ2) is 7.28. The zero-order valence-electron chi connectivity index (χ0n) is 14.6. The van der Waals surface area contributed by atoms with Gasteiger partial charge in [0, 0.05) is 24.2 Å². The van der Waals surface area contributed by atoms with E-state index in [0.717, 1.165) is 17.7 Å². The molecule has 0 aliphatic rings. The van der Waals surface area contributed by atoms with Crippen molar-refractivity contribution >= 4 is 11.8 Å². The van der Waals surface area contributed by atoms with Gasteiger partial charge in [0.25, 0.3) is 0 Å². The summed E-state index contributed by atoms with van der Waals surface area (Å²) in [7, 11) is 0. The van der Waals surface area contributed by atoms with E-state index in [9.17, 15) is 5.26 Å². The Hall–Kier alpha value is -2.65. The number of anilines is 2. The lowest BCUT2D eigenvalue weighted by Crippen LogP contribution is -2.36. The Morgan fingerprint density at radius 2 is 1.79 bits per heavy atom. The molecule has 1 aromatic carbocycles. The number of rotatable bonds is 5. The molecule has 0 amide bonds. The van der Waals surface area contributed by atoms with Crippen LogP contribution in [0, 0.1) is 11.3 Å². The molecule has 0 atom stereocenters. The summed E-state index contributed by atoms with van der Waals surface area (Å²) in [6, 6.07) is 10.9. The average molecular weight is 324 g/mol. The molecule has 126 valence electrons. The average Bonchev–Trinajstić information content (AvgIpc) is 2.51. The first-order valence-corrected chi connectivity index (χ1v) is 8.01. The van der Waals surface area contributed by atoms with Gasteiger partial charge in [0.2, 0.25) is 5.95 Å². The first kappa shape index (κ1) is 17.7. The van der Waals surface area contributed by atoms with Crippen molar-refractivity contribution in [3.63, 3.8) is 0 Å². The van der Waals surface area contributed by atoms with Crippen molar-refractivity contribution in [2.24, 2.45) is 0 Å². The van der Waals surface area contributed by atoms with Gasteiger partial charge in [0.15, 0.2) is 0 Å². The minimum Gasteiger partial charge on any atom is -0.382 e. The van der Waals surface area contributed by atoms with E-state index in [4.69, 9.17) is 11.5 Å². The Labute approximate surface area is 143 Å². The normalized spacial score (nSPS) is 11.2. The molecule has 1 heterocycles. The van der Waals surface area contributed by atoms with E-state index in [2.05, 4.69) is 54.7 Å². The van der Waals surface area contributed by atoms with E-state index in [1.807, 2.05) is 18.2 Å². The highest BCUT2D eigenvalue weighted by molar-refractivity contribution is 5.73. The van der Waals surface area contributed by atoms with Crippen molar-refractivity contribution < 1.29 is 0 Å². The second-order valence-electron chi connectivity index (χ2n) is 6.36. The van der Waals surface area contributed by atoms with Gasteiger partial charge >= 0.3 is 0 Å². The molecule has 24 heavy (non-hydrogen) atoms. The Morgan fingerprint density at radius 3 is 2.38 bits per heavy atom. The van der Waals surface area contributed by atoms with Crippen LogP contribution in [0.3, 0.4) is 0 Å². The van der Waals surface area contributed by atoms with Crippen molar-refractivity contribution in [2.45, 2.75) is 46.3 Å². The topological polar surface area (TPSA) is 105 Å². The molecular weight excluding hydrogens is 300 g/mol. The van der Waals surface area contributed by atoms with Crippen molar-refractivity contribution in [3.05, 3.63) is 35.4 Å². The summed E-state index contributed by atoms with van der Waals surface area (Å²) >= 11 is 0. The Balaban J connectivity index is 2.44. The maximum absolute atomic E-state index is 9.35. The summed E-state index contributed by atoms with van der Waals surface area (Å²) in [5, 5.41) is 9.35. The summed E-state index contributed by atoms with van der Waals surface area (Å²) < 4.78 is 0. The number of benzene rings is 1. The molecule has 6 nitrogen and oxygen atoms in total. The molecule has 0 fully saturated rings. The van der Waals surface area contributed by atoms with Crippen LogP contribution in [-0.2, 0) is 6.54 Å². The first-order valence-electron chi connectivity index (χ1n) is 8.01. The molecule has 0 bridgehead atoms. The third-order valence-electron chi connectivity index (χ3n) is 3.96. The standard InChI is InChI=1S/C18H24N6/c1-11(2)24(12(3)4)10-13-6-5-7-14(8-13)16-15(9-19)17(20)23-18(21)22-16/h5-8,11-12H,10H2,1-4H3,(H4,20,21,22,23). The Bertz CT molecular complexity index is 753. The van der Waals surface area contributed by atoms with Crippen molar-refractivity contribution in [1.82, 2.24) is 14.9 Å². The molecule has 6 heteroatoms. The van der Waals surface area contributed by atoms with E-state index in [1.165, 1.54) is 0 Å². The largest absolute Gasteiger partial charge is 0.382 e. The van der Waals surface area contributed by atoms with Crippen LogP contribution in [-0.4, -0.2) is 27.0 Å². The minimum atomic E-state index is 0.0675. The molecule has 0 saturated heterocycles. The second-order valence-corrected chi connectivity index (χ2v) is 6.36. The SMILES string of the molecule is CC(C)N(Cc1cccc(-c2nc(N)nc(N)c2C#N)c1)C(C)C. The summed E-state index contributed by atoms with van der Waals surface area (Å²) in [4.78, 5) is 10.5. The van der Waals surface area contributed by atoms with Crippen LogP contribution in [0.1, 0.15) is 38.8 Å². The molecule has 0 aliphatic carbocycles. The van der Waals surface area contributed by atoms with Gasteiger partial charge in [-0.3, -0.25) is 4.90 Å². The fourth-order valence-corrected chi connectivity index (χ4v) is 2.80. The number of hydrogen-bond donors (Lipinski definition) is 2. The van der Waals surface area contributed by atoms with E-state index >= 15 is 0 Å². The van der Waals surface area contributed by atoms with Crippen LogP contribution >= 0.6 is 0 Å². The smallest absolute Gasteiger partial charge is 0.222 e. The van der Waals surface area contributed by atoms with Crippen molar-refractivity contribution in [3.8, 4) is 17.3 Å². The van der Waals surface area contributed by atoms with Crippen LogP contribution < -0.4 is 11.5 Å². The number of nitrogen functional groups attached to an aromatic ring is 2. The third kappa shape index (κ3) is 3.81. The number of nitriles is 1. The summed E-state index contributed by atoms with van der Waals surface area (Å²) in [5.41, 5.74) is 14.2. The Kier molecular flexibility index (Phi) is 5.37. The fraction of sp³-hybridized carbons (Fsp3) is 0.389. The summed E-state index contributed by atoms with van der Waals surface area (Å²) in [6.07, 6.45) is 0. The van der Waals surface area contributed by atoms with Crippen LogP contribution in [0.25, 0.3) is 11.3 Å². The van der Waals surface area contributed by atoms with Gasteiger partial charge in [0.05, 0.1) is 5.69 Å². The molecule has 2 rings (SSSR count). The first-order chi connectivity index (χ1) is 11.3. The van der Waals surface area contributed by atoms with Gasteiger partial charge in [-0.1, -0.05) is 18.2 Å². The zero-order valence-corrected chi connectivity index (χ0v) is 14.6. The van der Waals surface area contributed by atoms with Crippen LogP contribution in [0.15, 0.2) is 24.3 Å². The van der Waals surface area contributed by atoms with Gasteiger partial charge in [-0.2, -0.15) is 10.2 Å². The molecule has 2 aromatic rings. The third-order valence-corrected chi connectivity index (χ3v) is 3.96. The molecular formula is C18H24N6. The van der Waals surface area contributed by atoms with Crippen LogP contribution in [0.4, 0.5) is 11.8 Å². The lowest BCUT2D eigenvalue weighted by Gasteiger charge is -2.30.